The molecule has 0 aliphatic carbocycles. The first-order chi connectivity index (χ1) is 42.5. The minimum atomic E-state index is -1.69. The predicted molar refractivity (Wildman–Crippen MR) is 336 cm³/mol. The van der Waals surface area contributed by atoms with Gasteiger partial charge < -0.3 is 52.3 Å². The SMILES string of the molecule is COc1ccc(C(OCCOc2cccc(Nc3ncnc4c3ncn4[C@H]3C[C@H](OP(OCCC#N)N(C(C)C)C(C)C)[C@@H](COC(c4ccccc4)(c4ccc(OC)cc4)c4ccc(OC)cc4)O3)c2)(c2ccccc2)c2ccc(OC)cc2)cc1. The Morgan fingerprint density at radius 1 is 0.598 bits per heavy atom. The van der Waals surface area contributed by atoms with Crippen LogP contribution in [0.3, 0.4) is 0 Å². The summed E-state index contributed by atoms with van der Waals surface area (Å²) < 4.78 is 68.3. The van der Waals surface area contributed by atoms with E-state index in [-0.39, 0.29) is 44.9 Å². The molecule has 0 spiro atoms. The van der Waals surface area contributed by atoms with Crippen molar-refractivity contribution in [2.45, 2.75) is 82.3 Å². The van der Waals surface area contributed by atoms with Crippen molar-refractivity contribution < 1.29 is 46.9 Å². The Morgan fingerprint density at radius 3 is 1.60 bits per heavy atom. The summed E-state index contributed by atoms with van der Waals surface area (Å²) in [6.45, 7) is 9.23. The number of imidazole rings is 1. The van der Waals surface area contributed by atoms with Gasteiger partial charge in [0.2, 0.25) is 0 Å². The lowest BCUT2D eigenvalue weighted by molar-refractivity contribution is -0.0912. The lowest BCUT2D eigenvalue weighted by Gasteiger charge is -2.39. The summed E-state index contributed by atoms with van der Waals surface area (Å²) in [5.74, 6) is 4.02. The Balaban J connectivity index is 0.922. The molecule has 0 saturated carbocycles. The molecule has 17 nitrogen and oxygen atoms in total. The predicted octanol–water partition coefficient (Wildman–Crippen LogP) is 13.9. The van der Waals surface area contributed by atoms with Crippen LogP contribution in [-0.2, 0) is 34.5 Å². The zero-order valence-electron chi connectivity index (χ0n) is 50.3. The molecule has 1 N–H and O–H groups in total. The van der Waals surface area contributed by atoms with Crippen molar-refractivity contribution in [3.8, 4) is 34.8 Å². The van der Waals surface area contributed by atoms with Crippen molar-refractivity contribution in [3.05, 3.63) is 228 Å². The van der Waals surface area contributed by atoms with Crippen molar-refractivity contribution >= 4 is 31.2 Å². The molecule has 0 bridgehead atoms. The number of hydrogen-bond donors (Lipinski definition) is 1. The van der Waals surface area contributed by atoms with Gasteiger partial charge in [-0.2, -0.15) is 5.26 Å². The monoisotopic (exact) mass is 1190 g/mol. The van der Waals surface area contributed by atoms with E-state index < -0.39 is 38.2 Å². The van der Waals surface area contributed by atoms with Crippen molar-refractivity contribution in [3.63, 3.8) is 0 Å². The van der Waals surface area contributed by atoms with Gasteiger partial charge in [0.05, 0.1) is 73.2 Å². The topological polar surface area (TPSA) is 175 Å². The summed E-state index contributed by atoms with van der Waals surface area (Å²) in [6.07, 6.45) is 2.02. The van der Waals surface area contributed by atoms with Crippen LogP contribution in [-0.4, -0.2) is 103 Å². The number of nitrogens with one attached hydrogen (secondary N) is 1. The number of rotatable bonds is 29. The van der Waals surface area contributed by atoms with Gasteiger partial charge in [0.1, 0.15) is 65.2 Å². The second-order valence-corrected chi connectivity index (χ2v) is 22.7. The zero-order chi connectivity index (χ0) is 60.8. The van der Waals surface area contributed by atoms with Gasteiger partial charge in [0.25, 0.3) is 8.53 Å². The third-order valence-corrected chi connectivity index (χ3v) is 17.5. The highest BCUT2D eigenvalue weighted by Gasteiger charge is 2.46. The molecule has 1 fully saturated rings. The van der Waals surface area contributed by atoms with Crippen LogP contribution in [0.2, 0.25) is 0 Å². The van der Waals surface area contributed by atoms with Gasteiger partial charge in [-0.1, -0.05) is 115 Å². The molecule has 10 rings (SSSR count). The lowest BCUT2D eigenvalue weighted by atomic mass is 9.80. The summed E-state index contributed by atoms with van der Waals surface area (Å²) >= 11 is 0. The molecule has 450 valence electrons. The quantitative estimate of drug-likeness (QED) is 0.0266. The van der Waals surface area contributed by atoms with Crippen LogP contribution in [0.15, 0.2) is 195 Å². The van der Waals surface area contributed by atoms with E-state index in [4.69, 9.17) is 56.9 Å². The van der Waals surface area contributed by atoms with Gasteiger partial charge in [0, 0.05) is 30.3 Å². The lowest BCUT2D eigenvalue weighted by Crippen LogP contribution is -2.39. The molecule has 9 aromatic rings. The van der Waals surface area contributed by atoms with Crippen LogP contribution in [0.4, 0.5) is 11.5 Å². The largest absolute Gasteiger partial charge is 0.497 e. The molecule has 3 heterocycles. The molecule has 1 unspecified atom stereocenters. The maximum absolute atomic E-state index is 9.60. The first kappa shape index (κ1) is 61.7. The number of ether oxygens (including phenoxy) is 8. The van der Waals surface area contributed by atoms with E-state index in [2.05, 4.69) is 73.0 Å². The van der Waals surface area contributed by atoms with E-state index in [1.165, 1.54) is 6.33 Å². The number of nitriles is 1. The number of methoxy groups -OCH3 is 4. The molecule has 2 aromatic heterocycles. The van der Waals surface area contributed by atoms with Gasteiger partial charge >= 0.3 is 0 Å². The summed E-state index contributed by atoms with van der Waals surface area (Å²) in [7, 11) is 4.92. The third kappa shape index (κ3) is 13.7. The Labute approximate surface area is 510 Å². The van der Waals surface area contributed by atoms with E-state index in [0.29, 0.717) is 40.7 Å². The van der Waals surface area contributed by atoms with Gasteiger partial charge in [-0.15, -0.1) is 0 Å². The Morgan fingerprint density at radius 2 is 1.10 bits per heavy atom. The number of anilines is 2. The van der Waals surface area contributed by atoms with Gasteiger partial charge in [-0.3, -0.25) is 4.57 Å². The Kier molecular flexibility index (Phi) is 20.4. The first-order valence-electron chi connectivity index (χ1n) is 29.1. The molecule has 18 heteroatoms. The third-order valence-electron chi connectivity index (χ3n) is 15.3. The molecule has 1 aliphatic heterocycles. The molecular weight excluding hydrogens is 1120 g/mol. The first-order valence-corrected chi connectivity index (χ1v) is 30.2. The molecule has 0 amide bonds. The number of fused-ring (bicyclic) bond motifs is 1. The molecule has 7 aromatic carbocycles. The minimum absolute atomic E-state index is 0.0603. The van der Waals surface area contributed by atoms with Crippen LogP contribution >= 0.6 is 8.53 Å². The molecule has 1 aliphatic rings. The maximum atomic E-state index is 9.60. The van der Waals surface area contributed by atoms with Crippen LogP contribution < -0.4 is 29.0 Å². The van der Waals surface area contributed by atoms with E-state index in [9.17, 15) is 5.26 Å². The second kappa shape index (κ2) is 28.8. The van der Waals surface area contributed by atoms with Crippen LogP contribution in [0.25, 0.3) is 11.2 Å². The van der Waals surface area contributed by atoms with Crippen LogP contribution in [0, 0.1) is 11.3 Å². The highest BCUT2D eigenvalue weighted by Crippen LogP contribution is 2.51. The Bertz CT molecular complexity index is 3550. The molecule has 1 saturated heterocycles. The van der Waals surface area contributed by atoms with E-state index in [1.807, 2.05) is 162 Å². The number of benzene rings is 7. The second-order valence-electron chi connectivity index (χ2n) is 21.3. The van der Waals surface area contributed by atoms with Crippen LogP contribution in [0.1, 0.15) is 80.1 Å². The average Bonchev–Trinajstić information content (AvgIpc) is 1.62. The van der Waals surface area contributed by atoms with E-state index in [0.717, 1.165) is 50.6 Å². The molecular formula is C69H74N7O10P. The van der Waals surface area contributed by atoms with Crippen molar-refractivity contribution in [1.82, 2.24) is 24.2 Å². The maximum Gasteiger partial charge on any atom is 0.259 e. The molecule has 87 heavy (non-hydrogen) atoms. The van der Waals surface area contributed by atoms with Gasteiger partial charge in [-0.25, -0.2) is 19.6 Å². The summed E-state index contributed by atoms with van der Waals surface area (Å²) in [5, 5.41) is 13.1. The zero-order valence-corrected chi connectivity index (χ0v) is 51.2. The van der Waals surface area contributed by atoms with Crippen molar-refractivity contribution in [1.29, 1.82) is 5.26 Å². The van der Waals surface area contributed by atoms with Crippen molar-refractivity contribution in [2.24, 2.45) is 0 Å². The fourth-order valence-electron chi connectivity index (χ4n) is 11.2. The van der Waals surface area contributed by atoms with Gasteiger partial charge in [-0.05, 0) is 122 Å². The van der Waals surface area contributed by atoms with Crippen molar-refractivity contribution in [2.75, 3.05) is 60.2 Å². The number of hydrogen-bond acceptors (Lipinski definition) is 16. The fourth-order valence-corrected chi connectivity index (χ4v) is 13.0. The highest BCUT2D eigenvalue weighted by atomic mass is 31.2. The van der Waals surface area contributed by atoms with E-state index in [1.54, 1.807) is 34.8 Å². The molecule has 4 atom stereocenters. The molecule has 0 radical (unpaired) electrons. The standard InChI is InChI=1S/C69H74N7O10P/c1-48(2)76(49(3)4)87(84-40-16-39-70)86-62-44-64(85-63(62)45-83-69(51-19-13-10-14-20-51,54-27-35-59(79-7)36-28-54)55-29-37-60(80-8)38-30-55)75-47-73-65-66(71-46-72-67(65)75)74-56-21-15-22-61(43-56)81-41-42-82-68(50-17-11-9-12-18-50,52-23-31-57(77-5)32-24-52)53-25-33-58(78-6)34-26-53/h9-15,17-38,43,46-49,62-64H,16,40-42,44-45H2,1-8H3,(H,71,72,74)/t62-,63+,64+,87?/m0/s1. The number of aromatic nitrogens is 4. The smallest absolute Gasteiger partial charge is 0.259 e. The normalized spacial score (nSPS) is 15.6. The van der Waals surface area contributed by atoms with Crippen LogP contribution in [0.5, 0.6) is 28.7 Å². The Hall–Kier alpha value is -8.43. The minimum Gasteiger partial charge on any atom is -0.497 e. The summed E-state index contributed by atoms with van der Waals surface area (Å²) in [5.41, 5.74) is 5.12. The number of nitrogens with zero attached hydrogens (tertiary/aromatic N) is 6. The average molecular weight is 1190 g/mol. The van der Waals surface area contributed by atoms with E-state index >= 15 is 0 Å². The van der Waals surface area contributed by atoms with Gasteiger partial charge in [0.15, 0.2) is 17.0 Å². The summed E-state index contributed by atoms with van der Waals surface area (Å²) in [6, 6.07) is 62.1. The summed E-state index contributed by atoms with van der Waals surface area (Å²) in [4.78, 5) is 14.4. The fraction of sp³-hybridized carbons (Fsp3) is 0.304. The highest BCUT2D eigenvalue weighted by molar-refractivity contribution is 7.44.